The van der Waals surface area contributed by atoms with Crippen LogP contribution in [-0.4, -0.2) is 23.7 Å². The van der Waals surface area contributed by atoms with Crippen molar-refractivity contribution in [2.75, 3.05) is 11.5 Å². The van der Waals surface area contributed by atoms with Gasteiger partial charge in [0.1, 0.15) is 0 Å². The Labute approximate surface area is 94.2 Å². The van der Waals surface area contributed by atoms with Gasteiger partial charge in [-0.25, -0.2) is 0 Å². The molecule has 0 spiro atoms. The summed E-state index contributed by atoms with van der Waals surface area (Å²) in [5.74, 6) is -1.94. The van der Waals surface area contributed by atoms with Gasteiger partial charge in [-0.2, -0.15) is 24.9 Å². The van der Waals surface area contributed by atoms with Gasteiger partial charge in [-0.15, -0.1) is 0 Å². The number of carbonyl (C=O) groups is 1. The molecule has 0 aliphatic rings. The molecular weight excluding hydrogens is 204 g/mol. The van der Waals surface area contributed by atoms with Crippen molar-refractivity contribution in [2.24, 2.45) is 0 Å². The van der Waals surface area contributed by atoms with E-state index >= 15 is 0 Å². The van der Waals surface area contributed by atoms with Crippen molar-refractivity contribution in [2.45, 2.75) is 12.6 Å². The fraction of sp³-hybridized carbons (Fsp3) is 0.800. The van der Waals surface area contributed by atoms with Gasteiger partial charge < -0.3 is 9.90 Å². The molecule has 0 aliphatic heterocycles. The van der Waals surface area contributed by atoms with Crippen LogP contribution in [-0.2, 0) is 4.79 Å². The van der Waals surface area contributed by atoms with E-state index < -0.39 is 18.6 Å². The zero-order valence-electron chi connectivity index (χ0n) is 6.48. The second kappa shape index (κ2) is 7.06. The van der Waals surface area contributed by atoms with Crippen LogP contribution < -0.4 is 34.7 Å². The van der Waals surface area contributed by atoms with Crippen molar-refractivity contribution in [1.82, 2.24) is 0 Å². The zero-order chi connectivity index (χ0) is 8.91. The average Bonchev–Trinajstić information content (AvgIpc) is 1.78. The minimum Gasteiger partial charge on any atom is -0.549 e. The molecule has 0 amide bonds. The van der Waals surface area contributed by atoms with Crippen molar-refractivity contribution >= 4 is 17.7 Å². The number of alkyl halides is 3. The van der Waals surface area contributed by atoms with Crippen LogP contribution in [0.4, 0.5) is 13.2 Å². The van der Waals surface area contributed by atoms with Gasteiger partial charge in [0.25, 0.3) is 0 Å². The maximum Gasteiger partial charge on any atom is 1.00 e. The van der Waals surface area contributed by atoms with Crippen LogP contribution in [0.3, 0.4) is 0 Å². The van der Waals surface area contributed by atoms with Gasteiger partial charge in [0, 0.05) is 11.5 Å². The fourth-order valence-electron chi connectivity index (χ4n) is 0.343. The molecule has 0 N–H and O–H groups in total. The third-order valence-corrected chi connectivity index (χ3v) is 1.68. The molecule has 0 aromatic carbocycles. The molecule has 0 bridgehead atoms. The quantitative estimate of drug-likeness (QED) is 0.378. The Morgan fingerprint density at radius 2 is 1.92 bits per heavy atom. The number of thioether (sulfide) groups is 1. The summed E-state index contributed by atoms with van der Waals surface area (Å²) in [4.78, 5) is 9.71. The van der Waals surface area contributed by atoms with Crippen molar-refractivity contribution in [3.05, 3.63) is 0 Å². The SMILES string of the molecule is O=C([O-])CSCCC(F)(F)F.[Na+]. The third kappa shape index (κ3) is 13.2. The third-order valence-electron chi connectivity index (χ3n) is 0.750. The summed E-state index contributed by atoms with van der Waals surface area (Å²) in [6.07, 6.45) is -5.15. The van der Waals surface area contributed by atoms with Gasteiger partial charge in [-0.1, -0.05) is 0 Å². The Hall–Kier alpha value is 0.610. The number of hydrogen-bond acceptors (Lipinski definition) is 3. The molecule has 12 heavy (non-hydrogen) atoms. The smallest absolute Gasteiger partial charge is 0.549 e. The molecule has 0 fully saturated rings. The molecule has 66 valence electrons. The van der Waals surface area contributed by atoms with E-state index in [1.165, 1.54) is 0 Å². The summed E-state index contributed by atoms with van der Waals surface area (Å²) < 4.78 is 34.2. The largest absolute Gasteiger partial charge is 1.00 e. The van der Waals surface area contributed by atoms with E-state index in [4.69, 9.17) is 0 Å². The van der Waals surface area contributed by atoms with E-state index in [1.54, 1.807) is 0 Å². The first-order chi connectivity index (χ1) is 4.92. The van der Waals surface area contributed by atoms with E-state index in [0.29, 0.717) is 11.8 Å². The molecular formula is C5H6F3NaO2S. The van der Waals surface area contributed by atoms with E-state index in [0.717, 1.165) is 0 Å². The summed E-state index contributed by atoms with van der Waals surface area (Å²) >= 11 is 0.706. The van der Waals surface area contributed by atoms with Crippen LogP contribution in [0.5, 0.6) is 0 Å². The summed E-state index contributed by atoms with van der Waals surface area (Å²) in [6.45, 7) is 0. The Balaban J connectivity index is 0. The second-order valence-corrected chi connectivity index (χ2v) is 2.89. The number of rotatable bonds is 4. The van der Waals surface area contributed by atoms with Gasteiger partial charge >= 0.3 is 35.7 Å². The van der Waals surface area contributed by atoms with Crippen molar-refractivity contribution < 1.29 is 52.6 Å². The first kappa shape index (κ1) is 15.1. The minimum absolute atomic E-state index is 0. The first-order valence-corrected chi connectivity index (χ1v) is 3.91. The predicted molar refractivity (Wildman–Crippen MR) is 33.0 cm³/mol. The molecule has 0 saturated heterocycles. The first-order valence-electron chi connectivity index (χ1n) is 2.76. The number of aliphatic carboxylic acids is 1. The van der Waals surface area contributed by atoms with Crippen LogP contribution in [0.25, 0.3) is 0 Å². The van der Waals surface area contributed by atoms with E-state index in [9.17, 15) is 23.1 Å². The molecule has 0 aromatic heterocycles. The number of hydrogen-bond donors (Lipinski definition) is 0. The summed E-state index contributed by atoms with van der Waals surface area (Å²) in [7, 11) is 0. The van der Waals surface area contributed by atoms with Gasteiger partial charge in [0.2, 0.25) is 0 Å². The molecule has 0 aliphatic carbocycles. The van der Waals surface area contributed by atoms with Crippen LogP contribution in [0.1, 0.15) is 6.42 Å². The zero-order valence-corrected chi connectivity index (χ0v) is 9.30. The molecule has 0 atom stereocenters. The predicted octanol–water partition coefficient (Wildman–Crippen LogP) is -2.57. The van der Waals surface area contributed by atoms with Crippen LogP contribution in [0.2, 0.25) is 0 Å². The Morgan fingerprint density at radius 3 is 2.25 bits per heavy atom. The fourth-order valence-corrected chi connectivity index (χ4v) is 1.03. The van der Waals surface area contributed by atoms with E-state index in [2.05, 4.69) is 0 Å². The Morgan fingerprint density at radius 1 is 1.42 bits per heavy atom. The molecule has 0 unspecified atom stereocenters. The molecule has 0 rings (SSSR count). The maximum atomic E-state index is 11.4. The van der Waals surface area contributed by atoms with Crippen molar-refractivity contribution in [1.29, 1.82) is 0 Å². The molecule has 0 heterocycles. The number of carboxylic acids is 1. The van der Waals surface area contributed by atoms with Crippen molar-refractivity contribution in [3.63, 3.8) is 0 Å². The second-order valence-electron chi connectivity index (χ2n) is 1.79. The van der Waals surface area contributed by atoms with Gasteiger partial charge in [-0.3, -0.25) is 0 Å². The van der Waals surface area contributed by atoms with E-state index in [1.807, 2.05) is 0 Å². The molecule has 0 radical (unpaired) electrons. The number of halogens is 3. The van der Waals surface area contributed by atoms with Crippen LogP contribution in [0, 0.1) is 0 Å². The maximum absolute atomic E-state index is 11.4. The van der Waals surface area contributed by atoms with E-state index in [-0.39, 0.29) is 41.1 Å². The standard InChI is InChI=1S/C5H7F3O2S.Na/c6-5(7,8)1-2-11-3-4(9)10;/h1-3H2,(H,9,10);/q;+1/p-1. The molecule has 0 aromatic rings. The molecule has 2 nitrogen and oxygen atoms in total. The van der Waals surface area contributed by atoms with Crippen LogP contribution >= 0.6 is 11.8 Å². The van der Waals surface area contributed by atoms with Crippen LogP contribution in [0.15, 0.2) is 0 Å². The van der Waals surface area contributed by atoms with Crippen molar-refractivity contribution in [3.8, 4) is 0 Å². The molecule has 0 saturated carbocycles. The molecule has 7 heteroatoms. The topological polar surface area (TPSA) is 40.1 Å². The monoisotopic (exact) mass is 210 g/mol. The summed E-state index contributed by atoms with van der Waals surface area (Å²) in [6, 6.07) is 0. The normalized spacial score (nSPS) is 10.6. The minimum atomic E-state index is -4.20. The average molecular weight is 210 g/mol. The van der Waals surface area contributed by atoms with Gasteiger partial charge in [0.15, 0.2) is 0 Å². The Kier molecular flexibility index (Phi) is 8.88. The number of carbonyl (C=O) groups excluding carboxylic acids is 1. The van der Waals surface area contributed by atoms with Gasteiger partial charge in [-0.05, 0) is 0 Å². The summed E-state index contributed by atoms with van der Waals surface area (Å²) in [5, 5.41) is 9.71. The Bertz CT molecular complexity index is 139. The number of carboxylic acid groups (broad SMARTS) is 1. The summed E-state index contributed by atoms with van der Waals surface area (Å²) in [5.41, 5.74) is 0. The van der Waals surface area contributed by atoms with Gasteiger partial charge in [0.05, 0.1) is 12.4 Å².